The maximum absolute atomic E-state index is 8.69. The Morgan fingerprint density at radius 3 is 2.69 bits per heavy atom. The van der Waals surface area contributed by atoms with Crippen LogP contribution in [0.15, 0.2) is 0 Å². The number of aliphatic hydroxyl groups excluding tert-OH is 1. The molecule has 1 heterocycles. The number of β-amino-alcohol motifs (C(OH)–C–C–N with tert-alkyl or cyclic N) is 1. The molecule has 0 bridgehead atoms. The maximum Gasteiger partial charge on any atom is 0.0698 e. The summed E-state index contributed by atoms with van der Waals surface area (Å²) in [6, 6.07) is 0. The van der Waals surface area contributed by atoms with Crippen LogP contribution in [0, 0.1) is 0 Å². The van der Waals surface area contributed by atoms with Gasteiger partial charge in [-0.25, -0.2) is 0 Å². The molecule has 0 radical (unpaired) electrons. The van der Waals surface area contributed by atoms with Gasteiger partial charge < -0.3 is 9.84 Å². The van der Waals surface area contributed by atoms with Gasteiger partial charge in [-0.15, -0.1) is 0 Å². The lowest BCUT2D eigenvalue weighted by molar-refractivity contribution is 0.0259. The minimum atomic E-state index is 0.260. The predicted molar refractivity (Wildman–Crippen MR) is 54.9 cm³/mol. The van der Waals surface area contributed by atoms with E-state index in [-0.39, 0.29) is 6.61 Å². The molecule has 1 unspecified atom stereocenters. The van der Waals surface area contributed by atoms with Crippen LogP contribution in [-0.4, -0.2) is 49.5 Å². The molecular weight excluding hydrogens is 166 g/mol. The average molecular weight is 189 g/mol. The van der Waals surface area contributed by atoms with Gasteiger partial charge in [0, 0.05) is 20.2 Å². The summed E-state index contributed by atoms with van der Waals surface area (Å²) < 4.78 is 5.24. The van der Waals surface area contributed by atoms with Crippen molar-refractivity contribution in [2.24, 2.45) is 0 Å². The first-order valence-corrected chi connectivity index (χ1v) is 5.23. The molecule has 0 amide bonds. The molecule has 1 saturated heterocycles. The first kappa shape index (κ1) is 12.9. The molecule has 1 aliphatic rings. The highest BCUT2D eigenvalue weighted by molar-refractivity contribution is 4.72. The fourth-order valence-electron chi connectivity index (χ4n) is 1.55. The summed E-state index contributed by atoms with van der Waals surface area (Å²) in [7, 11) is 1.76. The van der Waals surface area contributed by atoms with E-state index in [1.165, 1.54) is 12.8 Å². The molecule has 0 spiro atoms. The topological polar surface area (TPSA) is 32.7 Å². The monoisotopic (exact) mass is 189 g/mol. The minimum Gasteiger partial charge on any atom is -0.395 e. The molecule has 1 atom stereocenters. The first-order valence-electron chi connectivity index (χ1n) is 5.23. The minimum absolute atomic E-state index is 0.260. The number of hydrogen-bond acceptors (Lipinski definition) is 3. The Labute approximate surface area is 81.7 Å². The van der Waals surface area contributed by atoms with E-state index in [9.17, 15) is 0 Å². The van der Waals surface area contributed by atoms with E-state index in [2.05, 4.69) is 4.90 Å². The highest BCUT2D eigenvalue weighted by atomic mass is 16.5. The number of methoxy groups -OCH3 is 1. The molecular formula is C10H23NO2. The Balaban J connectivity index is 0.000000671. The number of aliphatic hydroxyl groups is 1. The van der Waals surface area contributed by atoms with Crippen LogP contribution < -0.4 is 0 Å². The normalized spacial score (nSPS) is 23.5. The van der Waals surface area contributed by atoms with Crippen LogP contribution in [0.2, 0.25) is 0 Å². The van der Waals surface area contributed by atoms with Crippen LogP contribution in [0.1, 0.15) is 26.7 Å². The molecule has 0 aromatic carbocycles. The lowest BCUT2D eigenvalue weighted by Gasteiger charge is -2.31. The molecule has 1 aliphatic heterocycles. The van der Waals surface area contributed by atoms with Crippen LogP contribution in [0.5, 0.6) is 0 Å². The van der Waals surface area contributed by atoms with E-state index in [1.807, 2.05) is 13.8 Å². The third-order valence-corrected chi connectivity index (χ3v) is 2.21. The van der Waals surface area contributed by atoms with Gasteiger partial charge in [0.25, 0.3) is 0 Å². The Kier molecular flexibility index (Phi) is 8.40. The third kappa shape index (κ3) is 5.24. The second-order valence-corrected chi connectivity index (χ2v) is 3.02. The molecule has 3 heteroatoms. The molecule has 13 heavy (non-hydrogen) atoms. The van der Waals surface area contributed by atoms with Gasteiger partial charge in [0.2, 0.25) is 0 Å². The lowest BCUT2D eigenvalue weighted by Crippen LogP contribution is -2.40. The third-order valence-electron chi connectivity index (χ3n) is 2.21. The second-order valence-electron chi connectivity index (χ2n) is 3.02. The van der Waals surface area contributed by atoms with Gasteiger partial charge in [-0.05, 0) is 19.4 Å². The van der Waals surface area contributed by atoms with E-state index < -0.39 is 0 Å². The standard InChI is InChI=1S/C8H17NO2.C2H6/c1-11-8-3-2-4-9(7-8)5-6-10;1-2/h8,10H,2-7H2,1H3;1-2H3. The van der Waals surface area contributed by atoms with Gasteiger partial charge in [-0.2, -0.15) is 0 Å². The fourth-order valence-corrected chi connectivity index (χ4v) is 1.55. The van der Waals surface area contributed by atoms with Gasteiger partial charge in [-0.1, -0.05) is 13.8 Å². The summed E-state index contributed by atoms with van der Waals surface area (Å²) >= 11 is 0. The quantitative estimate of drug-likeness (QED) is 0.722. The van der Waals surface area contributed by atoms with Crippen LogP contribution >= 0.6 is 0 Å². The summed E-state index contributed by atoms with van der Waals surface area (Å²) in [5.74, 6) is 0. The molecule has 0 aromatic heterocycles. The second kappa shape index (κ2) is 8.48. The molecule has 3 nitrogen and oxygen atoms in total. The molecule has 0 aliphatic carbocycles. The molecule has 1 rings (SSSR count). The predicted octanol–water partition coefficient (Wildman–Crippen LogP) is 1.12. The highest BCUT2D eigenvalue weighted by Gasteiger charge is 2.18. The zero-order valence-electron chi connectivity index (χ0n) is 9.12. The van der Waals surface area contributed by atoms with Crippen LogP contribution in [-0.2, 0) is 4.74 Å². The first-order chi connectivity index (χ1) is 6.36. The Bertz CT molecular complexity index is 107. The maximum atomic E-state index is 8.69. The van der Waals surface area contributed by atoms with Crippen molar-refractivity contribution in [3.8, 4) is 0 Å². The Morgan fingerprint density at radius 2 is 2.15 bits per heavy atom. The zero-order valence-corrected chi connectivity index (χ0v) is 9.12. The van der Waals surface area contributed by atoms with E-state index in [0.29, 0.717) is 6.10 Å². The van der Waals surface area contributed by atoms with Crippen molar-refractivity contribution in [3.63, 3.8) is 0 Å². The van der Waals surface area contributed by atoms with Crippen molar-refractivity contribution >= 4 is 0 Å². The smallest absolute Gasteiger partial charge is 0.0698 e. The number of nitrogens with zero attached hydrogens (tertiary/aromatic N) is 1. The molecule has 0 aromatic rings. The van der Waals surface area contributed by atoms with Gasteiger partial charge in [-0.3, -0.25) is 4.90 Å². The zero-order chi connectivity index (χ0) is 10.1. The van der Waals surface area contributed by atoms with Crippen molar-refractivity contribution in [1.82, 2.24) is 4.90 Å². The number of ether oxygens (including phenoxy) is 1. The number of piperidine rings is 1. The summed E-state index contributed by atoms with van der Waals surface area (Å²) in [6.45, 7) is 7.15. The van der Waals surface area contributed by atoms with Crippen LogP contribution in [0.4, 0.5) is 0 Å². The average Bonchev–Trinajstić information content (AvgIpc) is 2.22. The van der Waals surface area contributed by atoms with Gasteiger partial charge in [0.1, 0.15) is 0 Å². The Hall–Kier alpha value is -0.120. The van der Waals surface area contributed by atoms with Crippen LogP contribution in [0.3, 0.4) is 0 Å². The van der Waals surface area contributed by atoms with Crippen molar-refractivity contribution in [1.29, 1.82) is 0 Å². The SMILES string of the molecule is CC.COC1CCCN(CCO)C1. The largest absolute Gasteiger partial charge is 0.395 e. The molecule has 80 valence electrons. The summed E-state index contributed by atoms with van der Waals surface area (Å²) in [5.41, 5.74) is 0. The fraction of sp³-hybridized carbons (Fsp3) is 1.00. The lowest BCUT2D eigenvalue weighted by atomic mass is 10.1. The van der Waals surface area contributed by atoms with E-state index in [1.54, 1.807) is 7.11 Å². The Morgan fingerprint density at radius 1 is 1.46 bits per heavy atom. The van der Waals surface area contributed by atoms with Crippen molar-refractivity contribution in [3.05, 3.63) is 0 Å². The van der Waals surface area contributed by atoms with E-state index in [0.717, 1.165) is 19.6 Å². The van der Waals surface area contributed by atoms with Crippen LogP contribution in [0.25, 0.3) is 0 Å². The number of hydrogen-bond donors (Lipinski definition) is 1. The van der Waals surface area contributed by atoms with Gasteiger partial charge in [0.05, 0.1) is 12.7 Å². The molecule has 0 saturated carbocycles. The molecule has 1 fully saturated rings. The van der Waals surface area contributed by atoms with Crippen molar-refractivity contribution in [2.75, 3.05) is 33.4 Å². The highest BCUT2D eigenvalue weighted by Crippen LogP contribution is 2.11. The molecule has 1 N–H and O–H groups in total. The summed E-state index contributed by atoms with van der Waals surface area (Å²) in [5, 5.41) is 8.69. The number of likely N-dealkylation sites (tertiary alicyclic amines) is 1. The van der Waals surface area contributed by atoms with E-state index >= 15 is 0 Å². The summed E-state index contributed by atoms with van der Waals surface area (Å²) in [4.78, 5) is 2.25. The van der Waals surface area contributed by atoms with Gasteiger partial charge in [0.15, 0.2) is 0 Å². The van der Waals surface area contributed by atoms with E-state index in [4.69, 9.17) is 9.84 Å². The number of rotatable bonds is 3. The van der Waals surface area contributed by atoms with Crippen molar-refractivity contribution < 1.29 is 9.84 Å². The summed E-state index contributed by atoms with van der Waals surface area (Å²) in [6.07, 6.45) is 2.74. The van der Waals surface area contributed by atoms with Crippen molar-refractivity contribution in [2.45, 2.75) is 32.8 Å². The van der Waals surface area contributed by atoms with Gasteiger partial charge >= 0.3 is 0 Å².